The Bertz CT molecular complexity index is 1870. The number of allylic oxidation sites excluding steroid dienone is 1. The second-order valence-corrected chi connectivity index (χ2v) is 20.2. The summed E-state index contributed by atoms with van der Waals surface area (Å²) in [6.45, 7) is 7.63. The lowest BCUT2D eigenvalue weighted by molar-refractivity contribution is -0.0204. The van der Waals surface area contributed by atoms with Gasteiger partial charge in [0.2, 0.25) is 10.0 Å². The molecule has 3 heterocycles. The lowest BCUT2D eigenvalue weighted by Crippen LogP contribution is -2.50. The molecule has 5 aliphatic rings. The van der Waals surface area contributed by atoms with Gasteiger partial charge in [-0.3, -0.25) is 9.69 Å². The maximum atomic E-state index is 13.5. The van der Waals surface area contributed by atoms with E-state index in [-0.39, 0.29) is 40.4 Å². The van der Waals surface area contributed by atoms with Crippen LogP contribution in [-0.4, -0.2) is 96.4 Å². The number of carbonyl (C=O) groups excluding carboxylic acids is 1. The van der Waals surface area contributed by atoms with Gasteiger partial charge in [0.15, 0.2) is 9.84 Å². The van der Waals surface area contributed by atoms with Crippen molar-refractivity contribution in [1.29, 1.82) is 0 Å². The molecule has 1 N–H and O–H groups in total. The van der Waals surface area contributed by atoms with Crippen LogP contribution in [0.4, 0.5) is 5.69 Å². The summed E-state index contributed by atoms with van der Waals surface area (Å²) in [6.07, 6.45) is 9.48. The summed E-state index contributed by atoms with van der Waals surface area (Å²) in [5.41, 5.74) is 3.29. The molecular weight excluding hydrogens is 710 g/mol. The highest BCUT2D eigenvalue weighted by Gasteiger charge is 2.45. The molecule has 3 aliphatic heterocycles. The standard InChI is InChI=1S/C38H50ClN3O7S2/c1-26-5-3-7-35(48-18-15-41-16-19-50(44,45)20-17-41)32-11-8-30(32)23-42-24-38(14-4-6-28-21-31(39)10-12-33(28)38)25-49-36-13-9-29(22-34(36)42)37(43)40-51(46,47)27(26)2/h3,7,9-10,12-13,21-22,26-27,30,32,35H,4-6,8,11,14-20,23-25H2,1-2H3,(H,40,43)/b7-3+/t26-,27+,30-,32+,35-,38-/m0/s1. The molecule has 2 fully saturated rings. The van der Waals surface area contributed by atoms with Gasteiger partial charge in [0.1, 0.15) is 5.75 Å². The van der Waals surface area contributed by atoms with E-state index in [1.165, 1.54) is 11.1 Å². The number of fused-ring (bicyclic) bond motifs is 4. The number of sulfone groups is 1. The van der Waals surface area contributed by atoms with Crippen molar-refractivity contribution >= 4 is 43.1 Å². The van der Waals surface area contributed by atoms with E-state index in [0.29, 0.717) is 57.5 Å². The summed E-state index contributed by atoms with van der Waals surface area (Å²) >= 11 is 6.45. The molecule has 0 aromatic heterocycles. The average molecular weight is 760 g/mol. The summed E-state index contributed by atoms with van der Waals surface area (Å²) < 4.78 is 66.4. The van der Waals surface area contributed by atoms with Crippen molar-refractivity contribution in [1.82, 2.24) is 9.62 Å². The van der Waals surface area contributed by atoms with Gasteiger partial charge >= 0.3 is 0 Å². The molecule has 0 unspecified atom stereocenters. The lowest BCUT2D eigenvalue weighted by Gasteiger charge is -2.46. The molecule has 7 rings (SSSR count). The zero-order valence-corrected chi connectivity index (χ0v) is 31.9. The first-order chi connectivity index (χ1) is 24.3. The van der Waals surface area contributed by atoms with Gasteiger partial charge in [0, 0.05) is 48.7 Å². The molecule has 2 aliphatic carbocycles. The number of carbonyl (C=O) groups is 1. The number of hydrogen-bond donors (Lipinski definition) is 1. The highest BCUT2D eigenvalue weighted by molar-refractivity contribution is 7.91. The first-order valence-corrected chi connectivity index (χ1v) is 22.1. The Balaban J connectivity index is 1.21. The first kappa shape index (κ1) is 36.7. The highest BCUT2D eigenvalue weighted by Crippen LogP contribution is 2.47. The third kappa shape index (κ3) is 7.86. The Kier molecular flexibility index (Phi) is 10.5. The van der Waals surface area contributed by atoms with Crippen molar-refractivity contribution in [2.75, 3.05) is 62.3 Å². The number of aryl methyl sites for hydroxylation is 1. The number of rotatable bonds is 4. The van der Waals surface area contributed by atoms with E-state index in [1.807, 2.05) is 25.1 Å². The second-order valence-electron chi connectivity index (χ2n) is 15.4. The van der Waals surface area contributed by atoms with E-state index in [1.54, 1.807) is 19.1 Å². The van der Waals surface area contributed by atoms with Crippen LogP contribution in [0.5, 0.6) is 5.75 Å². The quantitative estimate of drug-likeness (QED) is 0.430. The van der Waals surface area contributed by atoms with Gasteiger partial charge < -0.3 is 14.4 Å². The van der Waals surface area contributed by atoms with Crippen molar-refractivity contribution in [3.63, 3.8) is 0 Å². The maximum Gasteiger partial charge on any atom is 0.264 e. The van der Waals surface area contributed by atoms with Gasteiger partial charge in [-0.05, 0) is 105 Å². The van der Waals surface area contributed by atoms with E-state index in [4.69, 9.17) is 21.1 Å². The molecule has 1 saturated carbocycles. The predicted molar refractivity (Wildman–Crippen MR) is 200 cm³/mol. The molecule has 2 bridgehead atoms. The minimum absolute atomic E-state index is 0.162. The van der Waals surface area contributed by atoms with E-state index in [2.05, 4.69) is 32.7 Å². The van der Waals surface area contributed by atoms with Gasteiger partial charge in [-0.2, -0.15) is 0 Å². The molecule has 13 heteroatoms. The number of halogens is 1. The molecule has 2 aromatic rings. The van der Waals surface area contributed by atoms with Gasteiger partial charge in [-0.1, -0.05) is 36.7 Å². The monoisotopic (exact) mass is 759 g/mol. The number of sulfonamides is 1. The number of hydrogen-bond acceptors (Lipinski definition) is 9. The van der Waals surface area contributed by atoms with Crippen LogP contribution < -0.4 is 14.4 Å². The largest absolute Gasteiger partial charge is 0.490 e. The van der Waals surface area contributed by atoms with E-state index in [0.717, 1.165) is 49.4 Å². The number of amides is 1. The van der Waals surface area contributed by atoms with Gasteiger partial charge in [-0.25, -0.2) is 21.6 Å². The minimum atomic E-state index is -3.96. The molecule has 51 heavy (non-hydrogen) atoms. The second kappa shape index (κ2) is 14.6. The number of ether oxygens (including phenoxy) is 2. The summed E-state index contributed by atoms with van der Waals surface area (Å²) in [6, 6.07) is 11.4. The highest BCUT2D eigenvalue weighted by atomic mass is 35.5. The molecule has 1 spiro atoms. The molecule has 1 amide bonds. The molecule has 10 nitrogen and oxygen atoms in total. The van der Waals surface area contributed by atoms with Crippen LogP contribution in [0.2, 0.25) is 5.02 Å². The summed E-state index contributed by atoms with van der Waals surface area (Å²) in [5.74, 6) is 0.732. The van der Waals surface area contributed by atoms with Crippen LogP contribution in [0.25, 0.3) is 0 Å². The smallest absolute Gasteiger partial charge is 0.264 e. The molecule has 6 atom stereocenters. The van der Waals surface area contributed by atoms with Crippen molar-refractivity contribution in [2.45, 2.75) is 69.1 Å². The van der Waals surface area contributed by atoms with Gasteiger partial charge in [0.25, 0.3) is 5.91 Å². The van der Waals surface area contributed by atoms with Crippen LogP contribution in [0.15, 0.2) is 48.6 Å². The summed E-state index contributed by atoms with van der Waals surface area (Å²) in [4.78, 5) is 18.1. The molecule has 1 saturated heterocycles. The Hall–Kier alpha value is -2.64. The van der Waals surface area contributed by atoms with Gasteiger partial charge in [-0.15, -0.1) is 0 Å². The molecular formula is C38H50ClN3O7S2. The fourth-order valence-electron chi connectivity index (χ4n) is 8.61. The lowest BCUT2D eigenvalue weighted by atomic mass is 9.68. The molecule has 278 valence electrons. The molecule has 2 aromatic carbocycles. The number of benzene rings is 2. The van der Waals surface area contributed by atoms with Crippen molar-refractivity contribution < 1.29 is 31.1 Å². The summed E-state index contributed by atoms with van der Waals surface area (Å²) in [7, 11) is -6.92. The average Bonchev–Trinajstić information content (AvgIpc) is 3.23. The number of nitrogens with one attached hydrogen (secondary N) is 1. The minimum Gasteiger partial charge on any atom is -0.490 e. The van der Waals surface area contributed by atoms with Crippen molar-refractivity contribution in [3.8, 4) is 5.75 Å². The first-order valence-electron chi connectivity index (χ1n) is 18.4. The number of nitrogens with zero attached hydrogens (tertiary/aromatic N) is 2. The zero-order chi connectivity index (χ0) is 36.0. The van der Waals surface area contributed by atoms with Crippen LogP contribution in [-0.2, 0) is 36.4 Å². The SMILES string of the molecule is C[C@@H]1[C@@H](C)C/C=C/[C@H](OCCN2CCS(=O)(=O)CC2)[C@@H]2CC[C@H]2CN2C[C@@]3(CCCc4cc(Cl)ccc43)COc3ccc(cc32)C(=O)NS1(=O)=O. The van der Waals surface area contributed by atoms with Crippen LogP contribution in [0, 0.1) is 17.8 Å². The normalized spacial score (nSPS) is 32.7. The van der Waals surface area contributed by atoms with Crippen molar-refractivity contribution in [2.24, 2.45) is 17.8 Å². The fourth-order valence-corrected chi connectivity index (χ4v) is 11.4. The Labute approximate surface area is 307 Å². The van der Waals surface area contributed by atoms with E-state index < -0.39 is 31.0 Å². The topological polar surface area (TPSA) is 122 Å². The summed E-state index contributed by atoms with van der Waals surface area (Å²) in [5, 5.41) is -0.0738. The van der Waals surface area contributed by atoms with E-state index >= 15 is 0 Å². The van der Waals surface area contributed by atoms with Crippen molar-refractivity contribution in [3.05, 3.63) is 70.3 Å². The Morgan fingerprint density at radius 2 is 1.86 bits per heavy atom. The van der Waals surface area contributed by atoms with Crippen LogP contribution in [0.1, 0.15) is 67.4 Å². The Morgan fingerprint density at radius 1 is 1.06 bits per heavy atom. The molecule has 0 radical (unpaired) electrons. The van der Waals surface area contributed by atoms with Gasteiger partial charge in [0.05, 0.1) is 41.8 Å². The van der Waals surface area contributed by atoms with E-state index in [9.17, 15) is 21.6 Å². The Morgan fingerprint density at radius 3 is 2.63 bits per heavy atom. The third-order valence-corrected chi connectivity index (χ3v) is 15.9. The third-order valence-electron chi connectivity index (χ3n) is 12.2. The van der Waals surface area contributed by atoms with Crippen LogP contribution in [0.3, 0.4) is 0 Å². The maximum absolute atomic E-state index is 13.5. The zero-order valence-electron chi connectivity index (χ0n) is 29.6. The fraction of sp³-hybridized carbons (Fsp3) is 0.605. The number of anilines is 1. The van der Waals surface area contributed by atoms with Crippen LogP contribution >= 0.6 is 11.6 Å². The predicted octanol–water partition coefficient (Wildman–Crippen LogP) is 5.00.